The summed E-state index contributed by atoms with van der Waals surface area (Å²) in [6.07, 6.45) is 4.20. The quantitative estimate of drug-likeness (QED) is 0.785. The van der Waals surface area contributed by atoms with Crippen LogP contribution >= 0.6 is 0 Å². The summed E-state index contributed by atoms with van der Waals surface area (Å²) in [6, 6.07) is 0.126. The van der Waals surface area contributed by atoms with Crippen molar-refractivity contribution in [1.29, 1.82) is 0 Å². The van der Waals surface area contributed by atoms with E-state index in [1.165, 1.54) is 0 Å². The van der Waals surface area contributed by atoms with Gasteiger partial charge in [0.1, 0.15) is 0 Å². The van der Waals surface area contributed by atoms with Crippen molar-refractivity contribution in [2.24, 2.45) is 5.73 Å². The maximum absolute atomic E-state index is 12.0. The number of nitrogens with zero attached hydrogens (tertiary/aromatic N) is 2. The second kappa shape index (κ2) is 5.26. The number of likely N-dealkylation sites (tertiary alicyclic amines) is 1. The van der Waals surface area contributed by atoms with E-state index in [2.05, 4.69) is 0 Å². The van der Waals surface area contributed by atoms with Gasteiger partial charge in [0, 0.05) is 32.1 Å². The van der Waals surface area contributed by atoms with E-state index in [9.17, 15) is 9.59 Å². The fraction of sp³-hybridized carbons (Fsp3) is 0.846. The van der Waals surface area contributed by atoms with Crippen LogP contribution in [0.5, 0.6) is 0 Å². The van der Waals surface area contributed by atoms with Crippen LogP contribution in [0.3, 0.4) is 0 Å². The Morgan fingerprint density at radius 1 is 1.39 bits per heavy atom. The molecule has 1 aliphatic carbocycles. The Morgan fingerprint density at radius 2 is 2.06 bits per heavy atom. The molecule has 0 aromatic carbocycles. The first kappa shape index (κ1) is 13.3. The first-order chi connectivity index (χ1) is 8.50. The van der Waals surface area contributed by atoms with Gasteiger partial charge >= 0.3 is 0 Å². The van der Waals surface area contributed by atoms with Crippen LogP contribution in [-0.2, 0) is 9.59 Å². The summed E-state index contributed by atoms with van der Waals surface area (Å²) in [7, 11) is 0. The van der Waals surface area contributed by atoms with Crippen molar-refractivity contribution in [1.82, 2.24) is 9.80 Å². The van der Waals surface area contributed by atoms with Gasteiger partial charge < -0.3 is 15.5 Å². The van der Waals surface area contributed by atoms with Crippen molar-refractivity contribution >= 4 is 11.8 Å². The van der Waals surface area contributed by atoms with Crippen LogP contribution in [0.2, 0.25) is 0 Å². The zero-order chi connectivity index (χ0) is 13.3. The zero-order valence-electron chi connectivity index (χ0n) is 11.3. The monoisotopic (exact) mass is 253 g/mol. The Hall–Kier alpha value is -1.10. The molecule has 2 N–H and O–H groups in total. The molecular weight excluding hydrogens is 230 g/mol. The molecule has 1 saturated heterocycles. The Kier molecular flexibility index (Phi) is 3.90. The topological polar surface area (TPSA) is 66.6 Å². The number of amides is 2. The number of carbonyl (C=O) groups excluding carboxylic acids is 2. The van der Waals surface area contributed by atoms with E-state index in [4.69, 9.17) is 5.73 Å². The first-order valence-electron chi connectivity index (χ1n) is 6.84. The van der Waals surface area contributed by atoms with Crippen LogP contribution in [0, 0.1) is 0 Å². The summed E-state index contributed by atoms with van der Waals surface area (Å²) in [5.41, 5.74) is 5.67. The number of nitrogens with two attached hydrogens (primary N) is 1. The smallest absolute Gasteiger partial charge is 0.239 e. The zero-order valence-corrected chi connectivity index (χ0v) is 11.3. The number of hydrogen-bond donors (Lipinski definition) is 1. The molecule has 2 fully saturated rings. The minimum atomic E-state index is -0.447. The molecule has 0 aromatic rings. The Bertz CT molecular complexity index is 339. The molecule has 102 valence electrons. The molecule has 1 aliphatic heterocycles. The molecular formula is C13H23N3O2. The second-order valence-electron chi connectivity index (χ2n) is 5.52. The number of rotatable bonds is 4. The fourth-order valence-corrected chi connectivity index (χ4v) is 2.73. The molecule has 18 heavy (non-hydrogen) atoms. The highest BCUT2D eigenvalue weighted by Gasteiger charge is 2.36. The first-order valence-corrected chi connectivity index (χ1v) is 6.84. The third-order valence-electron chi connectivity index (χ3n) is 3.85. The minimum absolute atomic E-state index is 0.0109. The lowest BCUT2D eigenvalue weighted by Gasteiger charge is -2.31. The minimum Gasteiger partial charge on any atom is -0.338 e. The standard InChI is InChI=1S/C13H23N3O2/c1-9(14)13(18)15-7-3-4-12(15)8-16(10(2)17)11-5-6-11/h9,11-12H,3-8,14H2,1-2H3/t9-,12+/m0/s1. The molecule has 5 nitrogen and oxygen atoms in total. The van der Waals surface area contributed by atoms with Crippen LogP contribution in [0.25, 0.3) is 0 Å². The summed E-state index contributed by atoms with van der Waals surface area (Å²) in [6.45, 7) is 4.80. The normalized spacial score (nSPS) is 25.1. The Balaban J connectivity index is 1.98. The van der Waals surface area contributed by atoms with Gasteiger partial charge in [0.05, 0.1) is 6.04 Å². The van der Waals surface area contributed by atoms with Crippen molar-refractivity contribution in [3.05, 3.63) is 0 Å². The SMILES string of the molecule is CC(=O)N(C[C@H]1CCCN1C(=O)[C@H](C)N)C1CC1. The highest BCUT2D eigenvalue weighted by atomic mass is 16.2. The van der Waals surface area contributed by atoms with Crippen LogP contribution in [0.4, 0.5) is 0 Å². The molecule has 2 aliphatic rings. The molecule has 1 heterocycles. The van der Waals surface area contributed by atoms with Gasteiger partial charge in [-0.25, -0.2) is 0 Å². The molecule has 0 bridgehead atoms. The van der Waals surface area contributed by atoms with E-state index in [-0.39, 0.29) is 17.9 Å². The van der Waals surface area contributed by atoms with E-state index in [1.54, 1.807) is 13.8 Å². The lowest BCUT2D eigenvalue weighted by atomic mass is 10.2. The molecule has 0 spiro atoms. The van der Waals surface area contributed by atoms with E-state index in [0.717, 1.165) is 32.2 Å². The summed E-state index contributed by atoms with van der Waals surface area (Å²) < 4.78 is 0. The molecule has 2 amide bonds. The van der Waals surface area contributed by atoms with Crippen molar-refractivity contribution in [3.63, 3.8) is 0 Å². The van der Waals surface area contributed by atoms with Gasteiger partial charge in [-0.05, 0) is 32.6 Å². The van der Waals surface area contributed by atoms with Crippen molar-refractivity contribution < 1.29 is 9.59 Å². The summed E-state index contributed by atoms with van der Waals surface area (Å²) >= 11 is 0. The highest BCUT2D eigenvalue weighted by molar-refractivity contribution is 5.82. The molecule has 0 aromatic heterocycles. The predicted octanol–water partition coefficient (Wildman–Crippen LogP) is 0.336. The van der Waals surface area contributed by atoms with Crippen LogP contribution < -0.4 is 5.73 Å². The number of hydrogen-bond acceptors (Lipinski definition) is 3. The van der Waals surface area contributed by atoms with Crippen LogP contribution in [0.1, 0.15) is 39.5 Å². The molecule has 2 rings (SSSR count). The van der Waals surface area contributed by atoms with Crippen LogP contribution in [0.15, 0.2) is 0 Å². The van der Waals surface area contributed by atoms with E-state index in [0.29, 0.717) is 12.6 Å². The fourth-order valence-electron chi connectivity index (χ4n) is 2.73. The van der Waals surface area contributed by atoms with Crippen LogP contribution in [-0.4, -0.2) is 52.8 Å². The molecule has 5 heteroatoms. The summed E-state index contributed by atoms with van der Waals surface area (Å²) in [5.74, 6) is 0.134. The van der Waals surface area contributed by atoms with Gasteiger partial charge in [0.15, 0.2) is 0 Å². The van der Waals surface area contributed by atoms with E-state index < -0.39 is 6.04 Å². The molecule has 1 saturated carbocycles. The van der Waals surface area contributed by atoms with Gasteiger partial charge in [-0.15, -0.1) is 0 Å². The van der Waals surface area contributed by atoms with Gasteiger partial charge in [0.25, 0.3) is 0 Å². The lowest BCUT2D eigenvalue weighted by Crippen LogP contribution is -2.49. The van der Waals surface area contributed by atoms with Gasteiger partial charge in [-0.2, -0.15) is 0 Å². The molecule has 2 atom stereocenters. The maximum atomic E-state index is 12.0. The van der Waals surface area contributed by atoms with E-state index in [1.807, 2.05) is 9.80 Å². The third kappa shape index (κ3) is 2.83. The summed E-state index contributed by atoms with van der Waals surface area (Å²) in [5, 5.41) is 0. The Morgan fingerprint density at radius 3 is 2.56 bits per heavy atom. The average Bonchev–Trinajstić information content (AvgIpc) is 3.03. The predicted molar refractivity (Wildman–Crippen MR) is 68.8 cm³/mol. The molecule has 0 unspecified atom stereocenters. The van der Waals surface area contributed by atoms with Gasteiger partial charge in [-0.3, -0.25) is 9.59 Å². The van der Waals surface area contributed by atoms with Gasteiger partial charge in [0.2, 0.25) is 11.8 Å². The van der Waals surface area contributed by atoms with Crippen molar-refractivity contribution in [2.45, 2.75) is 57.7 Å². The van der Waals surface area contributed by atoms with Gasteiger partial charge in [-0.1, -0.05) is 0 Å². The van der Waals surface area contributed by atoms with Crippen molar-refractivity contribution in [3.8, 4) is 0 Å². The largest absolute Gasteiger partial charge is 0.338 e. The molecule has 0 radical (unpaired) electrons. The third-order valence-corrected chi connectivity index (χ3v) is 3.85. The Labute approximate surface area is 108 Å². The summed E-state index contributed by atoms with van der Waals surface area (Å²) in [4.78, 5) is 27.4. The maximum Gasteiger partial charge on any atom is 0.239 e. The highest BCUT2D eigenvalue weighted by Crippen LogP contribution is 2.29. The van der Waals surface area contributed by atoms with E-state index >= 15 is 0 Å². The van der Waals surface area contributed by atoms with Crippen molar-refractivity contribution in [2.75, 3.05) is 13.1 Å². The lowest BCUT2D eigenvalue weighted by molar-refractivity contribution is -0.136. The second-order valence-corrected chi connectivity index (χ2v) is 5.52. The average molecular weight is 253 g/mol. The number of carbonyl (C=O) groups is 2.